The molecule has 0 saturated carbocycles. The van der Waals surface area contributed by atoms with Gasteiger partial charge in [0.2, 0.25) is 5.71 Å². The summed E-state index contributed by atoms with van der Waals surface area (Å²) in [6.07, 6.45) is 4.98. The van der Waals surface area contributed by atoms with E-state index in [2.05, 4.69) is 32.4 Å². The van der Waals surface area contributed by atoms with E-state index in [1.54, 1.807) is 6.20 Å². The van der Waals surface area contributed by atoms with E-state index in [-0.39, 0.29) is 5.78 Å². The summed E-state index contributed by atoms with van der Waals surface area (Å²) >= 11 is 0. The molecule has 2 aromatic carbocycles. The number of carbonyl (C=O) groups excluding carboxylic acids is 1. The third-order valence-electron chi connectivity index (χ3n) is 5.62. The number of ketones is 1. The Labute approximate surface area is 197 Å². The summed E-state index contributed by atoms with van der Waals surface area (Å²) in [7, 11) is 0. The number of pyridine rings is 1. The molecule has 168 valence electrons. The van der Waals surface area contributed by atoms with Crippen molar-refractivity contribution in [3.8, 4) is 11.5 Å². The fraction of sp³-hybridized carbons (Fsp3) is 0.143. The summed E-state index contributed by atoms with van der Waals surface area (Å²) in [4.78, 5) is 25.3. The van der Waals surface area contributed by atoms with Gasteiger partial charge in [-0.15, -0.1) is 0 Å². The molecule has 0 saturated heterocycles. The lowest BCUT2D eigenvalue weighted by atomic mass is 10.0. The first-order valence-corrected chi connectivity index (χ1v) is 11.3. The molecule has 0 aliphatic carbocycles. The molecule has 5 aromatic rings. The highest BCUT2D eigenvalue weighted by molar-refractivity contribution is 5.88. The molecule has 34 heavy (non-hydrogen) atoms. The zero-order chi connectivity index (χ0) is 23.2. The van der Waals surface area contributed by atoms with Gasteiger partial charge in [0, 0.05) is 25.6 Å². The molecule has 1 N–H and O–H groups in total. The molecule has 3 aromatic heterocycles. The third kappa shape index (κ3) is 5.18. The first-order valence-electron chi connectivity index (χ1n) is 11.3. The van der Waals surface area contributed by atoms with Crippen LogP contribution in [0.1, 0.15) is 16.7 Å². The van der Waals surface area contributed by atoms with Gasteiger partial charge in [-0.05, 0) is 41.3 Å². The summed E-state index contributed by atoms with van der Waals surface area (Å²) in [5.74, 6) is 1.62. The van der Waals surface area contributed by atoms with Gasteiger partial charge >= 0.3 is 0 Å². The van der Waals surface area contributed by atoms with Crippen molar-refractivity contribution in [3.05, 3.63) is 108 Å². The molecule has 0 bridgehead atoms. The fourth-order valence-corrected chi connectivity index (χ4v) is 3.89. The van der Waals surface area contributed by atoms with E-state index >= 15 is 0 Å². The van der Waals surface area contributed by atoms with Crippen LogP contribution in [0.2, 0.25) is 0 Å². The van der Waals surface area contributed by atoms with Crippen LogP contribution in [0.4, 0.5) is 5.82 Å². The van der Waals surface area contributed by atoms with Gasteiger partial charge in [-0.3, -0.25) is 9.78 Å². The zero-order valence-corrected chi connectivity index (χ0v) is 18.6. The summed E-state index contributed by atoms with van der Waals surface area (Å²) in [6, 6.07) is 25.7. The Bertz CT molecular complexity index is 1380. The molecular formula is C28H24N4O2. The lowest BCUT2D eigenvalue weighted by Gasteiger charge is -2.07. The van der Waals surface area contributed by atoms with Crippen LogP contribution in [0.5, 0.6) is 0 Å². The summed E-state index contributed by atoms with van der Waals surface area (Å²) in [5, 5.41) is 4.22. The van der Waals surface area contributed by atoms with E-state index in [0.29, 0.717) is 30.9 Å². The monoisotopic (exact) mass is 448 g/mol. The minimum absolute atomic E-state index is 0.221. The van der Waals surface area contributed by atoms with Crippen LogP contribution in [0, 0.1) is 0 Å². The van der Waals surface area contributed by atoms with Gasteiger partial charge < -0.3 is 9.73 Å². The topological polar surface area (TPSA) is 80.9 Å². The molecule has 0 fully saturated rings. The number of benzene rings is 2. The maximum Gasteiger partial charge on any atom is 0.231 e. The predicted octanol–water partition coefficient (Wildman–Crippen LogP) is 5.29. The van der Waals surface area contributed by atoms with Crippen molar-refractivity contribution in [2.45, 2.75) is 19.3 Å². The summed E-state index contributed by atoms with van der Waals surface area (Å²) in [6.45, 7) is 0.711. The number of aromatic nitrogens is 3. The molecule has 3 heterocycles. The van der Waals surface area contributed by atoms with Gasteiger partial charge in [-0.1, -0.05) is 60.7 Å². The second-order valence-corrected chi connectivity index (χ2v) is 8.14. The van der Waals surface area contributed by atoms with Crippen molar-refractivity contribution in [1.29, 1.82) is 0 Å². The van der Waals surface area contributed by atoms with E-state index in [1.807, 2.05) is 66.7 Å². The Kier molecular flexibility index (Phi) is 6.38. The maximum atomic E-state index is 12.4. The average molecular weight is 449 g/mol. The lowest BCUT2D eigenvalue weighted by molar-refractivity contribution is -0.117. The number of furan rings is 1. The van der Waals surface area contributed by atoms with Crippen molar-refractivity contribution < 1.29 is 9.21 Å². The van der Waals surface area contributed by atoms with E-state index < -0.39 is 0 Å². The number of anilines is 1. The van der Waals surface area contributed by atoms with Crippen LogP contribution in [-0.2, 0) is 24.1 Å². The number of nitrogens with one attached hydrogen (secondary N) is 1. The second kappa shape index (κ2) is 10.1. The number of rotatable bonds is 9. The number of hydrogen-bond donors (Lipinski definition) is 1. The van der Waals surface area contributed by atoms with Gasteiger partial charge in [0.05, 0.1) is 5.39 Å². The molecule has 0 atom stereocenters. The normalized spacial score (nSPS) is 10.9. The second-order valence-electron chi connectivity index (χ2n) is 8.14. The summed E-state index contributed by atoms with van der Waals surface area (Å²) < 4.78 is 5.86. The molecular weight excluding hydrogens is 424 g/mol. The van der Waals surface area contributed by atoms with Crippen LogP contribution in [0.25, 0.3) is 22.6 Å². The van der Waals surface area contributed by atoms with E-state index in [9.17, 15) is 4.79 Å². The highest BCUT2D eigenvalue weighted by Crippen LogP contribution is 2.28. The van der Waals surface area contributed by atoms with E-state index in [4.69, 9.17) is 4.42 Å². The maximum absolute atomic E-state index is 12.4. The molecule has 0 aliphatic rings. The van der Waals surface area contributed by atoms with Crippen LogP contribution in [0.3, 0.4) is 0 Å². The largest absolute Gasteiger partial charge is 0.436 e. The highest BCUT2D eigenvalue weighted by atomic mass is 16.3. The molecule has 0 spiro atoms. The first-order chi connectivity index (χ1) is 16.7. The predicted molar refractivity (Wildman–Crippen MR) is 133 cm³/mol. The van der Waals surface area contributed by atoms with Crippen LogP contribution < -0.4 is 5.32 Å². The average Bonchev–Trinajstić information content (AvgIpc) is 3.32. The molecule has 0 amide bonds. The van der Waals surface area contributed by atoms with Gasteiger partial charge in [0.15, 0.2) is 5.76 Å². The zero-order valence-electron chi connectivity index (χ0n) is 18.6. The molecule has 0 aliphatic heterocycles. The van der Waals surface area contributed by atoms with Gasteiger partial charge in [0.25, 0.3) is 0 Å². The number of hydrogen-bond acceptors (Lipinski definition) is 6. The van der Waals surface area contributed by atoms with Crippen molar-refractivity contribution in [3.63, 3.8) is 0 Å². The number of Topliss-reactive ketones (excluding diaryl/α,β-unsaturated/α-hetero) is 1. The van der Waals surface area contributed by atoms with Crippen molar-refractivity contribution >= 4 is 22.7 Å². The smallest absolute Gasteiger partial charge is 0.231 e. The van der Waals surface area contributed by atoms with E-state index in [0.717, 1.165) is 34.4 Å². The van der Waals surface area contributed by atoms with Gasteiger partial charge in [0.1, 0.15) is 23.6 Å². The highest BCUT2D eigenvalue weighted by Gasteiger charge is 2.12. The van der Waals surface area contributed by atoms with Crippen LogP contribution in [-0.4, -0.2) is 27.3 Å². The molecule has 6 heteroatoms. The van der Waals surface area contributed by atoms with Crippen LogP contribution >= 0.6 is 0 Å². The van der Waals surface area contributed by atoms with Crippen molar-refractivity contribution in [2.24, 2.45) is 0 Å². The standard InChI is InChI=1S/C28H24N4O2/c33-23(16-21-6-2-1-3-7-21)17-22-11-9-20(10-12-22)13-15-30-27-24-18-26(25-8-4-5-14-29-25)34-28(24)32-19-31-27/h1-12,14,18-19H,13,15-17H2,(H,30,31,32). The molecule has 5 rings (SSSR count). The van der Waals surface area contributed by atoms with Crippen molar-refractivity contribution in [2.75, 3.05) is 11.9 Å². The van der Waals surface area contributed by atoms with Gasteiger partial charge in [-0.25, -0.2) is 9.97 Å². The van der Waals surface area contributed by atoms with Crippen LogP contribution in [0.15, 0.2) is 95.8 Å². The van der Waals surface area contributed by atoms with Gasteiger partial charge in [-0.2, -0.15) is 0 Å². The summed E-state index contributed by atoms with van der Waals surface area (Å²) in [5.41, 5.74) is 4.57. The molecule has 6 nitrogen and oxygen atoms in total. The Morgan fingerprint density at radius 1 is 0.794 bits per heavy atom. The van der Waals surface area contributed by atoms with E-state index in [1.165, 1.54) is 11.9 Å². The number of fused-ring (bicyclic) bond motifs is 1. The number of nitrogens with zero attached hydrogens (tertiary/aromatic N) is 3. The Hall–Kier alpha value is -4.32. The lowest BCUT2D eigenvalue weighted by Crippen LogP contribution is -2.08. The fourth-order valence-electron chi connectivity index (χ4n) is 3.89. The van der Waals surface area contributed by atoms with Crippen molar-refractivity contribution in [1.82, 2.24) is 15.0 Å². The first kappa shape index (κ1) is 21.5. The Morgan fingerprint density at radius 3 is 2.29 bits per heavy atom. The molecule has 0 radical (unpaired) electrons. The Morgan fingerprint density at radius 2 is 1.53 bits per heavy atom. The quantitative estimate of drug-likeness (QED) is 0.330. The number of carbonyl (C=O) groups is 1. The Balaban J connectivity index is 1.17. The SMILES string of the molecule is O=C(Cc1ccccc1)Cc1ccc(CCNc2ncnc3oc(-c4ccccn4)cc23)cc1. The minimum Gasteiger partial charge on any atom is -0.436 e. The molecule has 0 unspecified atom stereocenters. The minimum atomic E-state index is 0.221. The third-order valence-corrected chi connectivity index (χ3v) is 5.62.